The highest BCUT2D eigenvalue weighted by Crippen LogP contribution is 2.26. The number of hydrogen-bond donors (Lipinski definition) is 1. The molecule has 104 valence electrons. The molecule has 0 saturated heterocycles. The van der Waals surface area contributed by atoms with E-state index < -0.39 is 18.6 Å². The third kappa shape index (κ3) is 4.45. The van der Waals surface area contributed by atoms with Crippen LogP contribution in [0.25, 0.3) is 0 Å². The summed E-state index contributed by atoms with van der Waals surface area (Å²) in [5.41, 5.74) is 0.833. The Morgan fingerprint density at radius 1 is 1.32 bits per heavy atom. The molecule has 0 aliphatic heterocycles. The zero-order valence-electron chi connectivity index (χ0n) is 10.7. The maximum absolute atomic E-state index is 12.4. The molecule has 3 nitrogen and oxygen atoms in total. The molecular formula is C13H15F3N2O. The fraction of sp³-hybridized carbons (Fsp3) is 0.462. The van der Waals surface area contributed by atoms with E-state index in [-0.39, 0.29) is 6.04 Å². The monoisotopic (exact) mass is 272 g/mol. The van der Waals surface area contributed by atoms with Gasteiger partial charge in [0, 0.05) is 12.6 Å². The Morgan fingerprint density at radius 3 is 2.32 bits per heavy atom. The van der Waals surface area contributed by atoms with Gasteiger partial charge < -0.3 is 10.1 Å². The number of alkyl halides is 3. The van der Waals surface area contributed by atoms with Crippen LogP contribution in [0, 0.1) is 17.2 Å². The second kappa shape index (κ2) is 6.43. The molecule has 6 heteroatoms. The Kier molecular flexibility index (Phi) is 5.19. The molecule has 19 heavy (non-hydrogen) atoms. The van der Waals surface area contributed by atoms with E-state index in [0.717, 1.165) is 5.56 Å². The summed E-state index contributed by atoms with van der Waals surface area (Å²) >= 11 is 0. The SMILES string of the molecule is COc1ccc([C@@H](C)NCC(C#N)C(F)(F)F)cc1. The van der Waals surface area contributed by atoms with Crippen LogP contribution in [-0.4, -0.2) is 19.8 Å². The molecule has 0 aromatic heterocycles. The van der Waals surface area contributed by atoms with Gasteiger partial charge in [0.2, 0.25) is 0 Å². The van der Waals surface area contributed by atoms with Crippen LogP contribution >= 0.6 is 0 Å². The molecule has 1 unspecified atom stereocenters. The first-order valence-corrected chi connectivity index (χ1v) is 5.72. The van der Waals surface area contributed by atoms with Crippen molar-refractivity contribution in [3.05, 3.63) is 29.8 Å². The number of halogens is 3. The number of ether oxygens (including phenoxy) is 1. The fourth-order valence-electron chi connectivity index (χ4n) is 1.54. The molecule has 0 aliphatic rings. The van der Waals surface area contributed by atoms with Crippen LogP contribution in [0.15, 0.2) is 24.3 Å². The molecule has 0 aliphatic carbocycles. The van der Waals surface area contributed by atoms with E-state index in [9.17, 15) is 13.2 Å². The molecule has 0 heterocycles. The lowest BCUT2D eigenvalue weighted by Gasteiger charge is -2.18. The third-order valence-corrected chi connectivity index (χ3v) is 2.79. The van der Waals surface area contributed by atoms with E-state index in [1.54, 1.807) is 31.2 Å². The van der Waals surface area contributed by atoms with Crippen molar-refractivity contribution in [2.75, 3.05) is 13.7 Å². The standard InChI is InChI=1S/C13H15F3N2O/c1-9(10-3-5-12(19-2)6-4-10)18-8-11(7-17)13(14,15)16/h3-6,9,11,18H,8H2,1-2H3/t9-,11?/m1/s1. The van der Waals surface area contributed by atoms with Crippen LogP contribution in [0.5, 0.6) is 5.75 Å². The van der Waals surface area contributed by atoms with Gasteiger partial charge in [-0.25, -0.2) is 0 Å². The third-order valence-electron chi connectivity index (χ3n) is 2.79. The van der Waals surface area contributed by atoms with E-state index >= 15 is 0 Å². The van der Waals surface area contributed by atoms with Crippen LogP contribution in [0.3, 0.4) is 0 Å². The van der Waals surface area contributed by atoms with Crippen molar-refractivity contribution >= 4 is 0 Å². The summed E-state index contributed by atoms with van der Waals surface area (Å²) < 4.78 is 42.2. The number of nitrogens with zero attached hydrogens (tertiary/aromatic N) is 1. The van der Waals surface area contributed by atoms with Crippen LogP contribution in [0.2, 0.25) is 0 Å². The second-order valence-corrected chi connectivity index (χ2v) is 4.13. The molecule has 0 amide bonds. The number of nitrogens with one attached hydrogen (secondary N) is 1. The van der Waals surface area contributed by atoms with E-state index in [4.69, 9.17) is 10.00 Å². The Bertz CT molecular complexity index is 437. The minimum absolute atomic E-state index is 0.274. The Balaban J connectivity index is 2.59. The van der Waals surface area contributed by atoms with Gasteiger partial charge in [-0.15, -0.1) is 0 Å². The highest BCUT2D eigenvalue weighted by atomic mass is 19.4. The molecule has 1 rings (SSSR count). The van der Waals surface area contributed by atoms with Gasteiger partial charge in [0.15, 0.2) is 5.92 Å². The second-order valence-electron chi connectivity index (χ2n) is 4.13. The molecule has 0 spiro atoms. The predicted molar refractivity (Wildman–Crippen MR) is 64.6 cm³/mol. The largest absolute Gasteiger partial charge is 0.497 e. The van der Waals surface area contributed by atoms with Crippen molar-refractivity contribution in [3.8, 4) is 11.8 Å². The summed E-state index contributed by atoms with van der Waals surface area (Å²) in [6.45, 7) is 1.32. The highest BCUT2D eigenvalue weighted by molar-refractivity contribution is 5.28. The number of rotatable bonds is 5. The van der Waals surface area contributed by atoms with Crippen molar-refractivity contribution < 1.29 is 17.9 Å². The first-order valence-electron chi connectivity index (χ1n) is 5.72. The lowest BCUT2D eigenvalue weighted by atomic mass is 10.1. The molecule has 2 atom stereocenters. The average Bonchev–Trinajstić information content (AvgIpc) is 2.37. The van der Waals surface area contributed by atoms with Crippen LogP contribution < -0.4 is 10.1 Å². The zero-order chi connectivity index (χ0) is 14.5. The Labute approximate surface area is 110 Å². The number of benzene rings is 1. The lowest BCUT2D eigenvalue weighted by Crippen LogP contribution is -2.33. The predicted octanol–water partition coefficient (Wildman–Crippen LogP) is 3.05. The molecule has 0 fully saturated rings. The molecule has 1 aromatic rings. The van der Waals surface area contributed by atoms with Gasteiger partial charge in [0.05, 0.1) is 13.2 Å². The molecular weight excluding hydrogens is 257 g/mol. The molecule has 1 aromatic carbocycles. The number of hydrogen-bond acceptors (Lipinski definition) is 3. The minimum atomic E-state index is -4.50. The zero-order valence-corrected chi connectivity index (χ0v) is 10.7. The van der Waals surface area contributed by atoms with Gasteiger partial charge in [-0.05, 0) is 24.6 Å². The molecule has 0 bridgehead atoms. The topological polar surface area (TPSA) is 45.0 Å². The summed E-state index contributed by atoms with van der Waals surface area (Å²) in [5.74, 6) is -1.31. The number of methoxy groups -OCH3 is 1. The summed E-state index contributed by atoms with van der Waals surface area (Å²) in [5, 5.41) is 11.2. The highest BCUT2D eigenvalue weighted by Gasteiger charge is 2.39. The van der Waals surface area contributed by atoms with Crippen molar-refractivity contribution in [2.24, 2.45) is 5.92 Å². The van der Waals surface area contributed by atoms with Crippen molar-refractivity contribution in [1.82, 2.24) is 5.32 Å². The minimum Gasteiger partial charge on any atom is -0.497 e. The van der Waals surface area contributed by atoms with Crippen LogP contribution in [-0.2, 0) is 0 Å². The molecule has 0 saturated carbocycles. The molecule has 0 radical (unpaired) electrons. The average molecular weight is 272 g/mol. The van der Waals surface area contributed by atoms with Gasteiger partial charge in [-0.3, -0.25) is 0 Å². The lowest BCUT2D eigenvalue weighted by molar-refractivity contribution is -0.157. The first kappa shape index (κ1) is 15.3. The summed E-state index contributed by atoms with van der Waals surface area (Å²) in [7, 11) is 1.54. The van der Waals surface area contributed by atoms with Crippen molar-refractivity contribution in [1.29, 1.82) is 5.26 Å². The van der Waals surface area contributed by atoms with Gasteiger partial charge >= 0.3 is 6.18 Å². The van der Waals surface area contributed by atoms with Gasteiger partial charge in [0.1, 0.15) is 5.75 Å². The van der Waals surface area contributed by atoms with Gasteiger partial charge in [0.25, 0.3) is 0 Å². The van der Waals surface area contributed by atoms with Crippen molar-refractivity contribution in [2.45, 2.75) is 19.1 Å². The van der Waals surface area contributed by atoms with Gasteiger partial charge in [-0.1, -0.05) is 12.1 Å². The quantitative estimate of drug-likeness (QED) is 0.896. The summed E-state index contributed by atoms with van der Waals surface area (Å²) in [6, 6.07) is 7.99. The summed E-state index contributed by atoms with van der Waals surface area (Å²) in [4.78, 5) is 0. The molecule has 1 N–H and O–H groups in total. The number of nitriles is 1. The summed E-state index contributed by atoms with van der Waals surface area (Å²) in [6.07, 6.45) is -4.50. The Hall–Kier alpha value is -1.74. The normalized spacial score (nSPS) is 14.5. The van der Waals surface area contributed by atoms with E-state index in [0.29, 0.717) is 5.75 Å². The maximum atomic E-state index is 12.4. The first-order chi connectivity index (χ1) is 8.88. The maximum Gasteiger partial charge on any atom is 0.405 e. The van der Waals surface area contributed by atoms with E-state index in [2.05, 4.69) is 5.32 Å². The van der Waals surface area contributed by atoms with E-state index in [1.807, 2.05) is 0 Å². The van der Waals surface area contributed by atoms with Crippen LogP contribution in [0.4, 0.5) is 13.2 Å². The fourth-order valence-corrected chi connectivity index (χ4v) is 1.54. The Morgan fingerprint density at radius 2 is 1.89 bits per heavy atom. The van der Waals surface area contributed by atoms with E-state index in [1.165, 1.54) is 13.2 Å². The van der Waals surface area contributed by atoms with Crippen LogP contribution in [0.1, 0.15) is 18.5 Å². The van der Waals surface area contributed by atoms with Gasteiger partial charge in [-0.2, -0.15) is 18.4 Å². The smallest absolute Gasteiger partial charge is 0.405 e. The van der Waals surface area contributed by atoms with Crippen molar-refractivity contribution in [3.63, 3.8) is 0 Å².